The standard InChI is InChI=1S/C18H15F5N2O4S/c1-10-4-6-12(19)16(17(10)20)14-3-2-8-24(14)13-7-5-11(9-15(13)25(26)27)30(28,29)18(21,22)23/h4-7,9,14H,2-3,8H2,1H3. The van der Waals surface area contributed by atoms with E-state index in [0.29, 0.717) is 18.6 Å². The number of aryl methyl sites for hydroxylation is 1. The molecular weight excluding hydrogens is 435 g/mol. The summed E-state index contributed by atoms with van der Waals surface area (Å²) in [6, 6.07) is 3.15. The monoisotopic (exact) mass is 450 g/mol. The first-order valence-corrected chi connectivity index (χ1v) is 10.2. The smallest absolute Gasteiger partial charge is 0.359 e. The first-order chi connectivity index (χ1) is 13.9. The number of sulfone groups is 1. The normalized spacial score (nSPS) is 17.4. The summed E-state index contributed by atoms with van der Waals surface area (Å²) in [6.07, 6.45) is 0.661. The van der Waals surface area contributed by atoms with Crippen LogP contribution in [0.2, 0.25) is 0 Å². The molecule has 1 atom stereocenters. The van der Waals surface area contributed by atoms with Gasteiger partial charge in [-0.15, -0.1) is 0 Å². The van der Waals surface area contributed by atoms with Crippen molar-refractivity contribution in [2.24, 2.45) is 0 Å². The van der Waals surface area contributed by atoms with Crippen molar-refractivity contribution in [1.82, 2.24) is 0 Å². The van der Waals surface area contributed by atoms with E-state index in [4.69, 9.17) is 0 Å². The molecule has 0 aromatic heterocycles. The Balaban J connectivity index is 2.14. The van der Waals surface area contributed by atoms with Crippen molar-refractivity contribution in [2.75, 3.05) is 11.4 Å². The van der Waals surface area contributed by atoms with Gasteiger partial charge in [0.25, 0.3) is 15.5 Å². The molecule has 0 spiro atoms. The predicted octanol–water partition coefficient (Wildman–Crippen LogP) is 4.82. The van der Waals surface area contributed by atoms with Gasteiger partial charge in [0.05, 0.1) is 15.9 Å². The Morgan fingerprint density at radius 3 is 2.43 bits per heavy atom. The maximum atomic E-state index is 14.6. The molecule has 1 heterocycles. The Hall–Kier alpha value is -2.76. The molecule has 0 aliphatic carbocycles. The third kappa shape index (κ3) is 3.59. The molecule has 30 heavy (non-hydrogen) atoms. The molecule has 0 radical (unpaired) electrons. The Morgan fingerprint density at radius 2 is 1.83 bits per heavy atom. The average molecular weight is 450 g/mol. The minimum atomic E-state index is -5.80. The topological polar surface area (TPSA) is 80.5 Å². The van der Waals surface area contributed by atoms with Crippen molar-refractivity contribution in [1.29, 1.82) is 0 Å². The van der Waals surface area contributed by atoms with Crippen LogP contribution in [-0.4, -0.2) is 25.4 Å². The molecule has 0 bridgehead atoms. The lowest BCUT2D eigenvalue weighted by Crippen LogP contribution is -2.26. The number of rotatable bonds is 4. The fourth-order valence-corrected chi connectivity index (χ4v) is 4.31. The van der Waals surface area contributed by atoms with E-state index in [1.165, 1.54) is 17.9 Å². The van der Waals surface area contributed by atoms with Gasteiger partial charge in [0.2, 0.25) is 0 Å². The fraction of sp³-hybridized carbons (Fsp3) is 0.333. The fourth-order valence-electron chi connectivity index (χ4n) is 3.53. The van der Waals surface area contributed by atoms with Crippen molar-refractivity contribution in [3.05, 3.63) is 63.2 Å². The summed E-state index contributed by atoms with van der Waals surface area (Å²) in [7, 11) is -5.80. The molecule has 3 rings (SSSR count). The second-order valence-corrected chi connectivity index (χ2v) is 8.74. The highest BCUT2D eigenvalue weighted by atomic mass is 32.2. The Morgan fingerprint density at radius 1 is 1.17 bits per heavy atom. The molecule has 1 fully saturated rings. The number of anilines is 1. The van der Waals surface area contributed by atoms with Gasteiger partial charge in [-0.2, -0.15) is 13.2 Å². The van der Waals surface area contributed by atoms with Gasteiger partial charge in [0.1, 0.15) is 17.3 Å². The predicted molar refractivity (Wildman–Crippen MR) is 96.8 cm³/mol. The summed E-state index contributed by atoms with van der Waals surface area (Å²) >= 11 is 0. The minimum Gasteiger partial charge on any atom is -0.359 e. The van der Waals surface area contributed by atoms with Gasteiger partial charge in [-0.25, -0.2) is 17.2 Å². The summed E-state index contributed by atoms with van der Waals surface area (Å²) in [5.41, 5.74) is -6.88. The third-order valence-corrected chi connectivity index (χ3v) is 6.46. The van der Waals surface area contributed by atoms with Crippen LogP contribution in [0.5, 0.6) is 0 Å². The summed E-state index contributed by atoms with van der Waals surface area (Å²) < 4.78 is 90.6. The first kappa shape index (κ1) is 21.9. The molecule has 6 nitrogen and oxygen atoms in total. The van der Waals surface area contributed by atoms with Gasteiger partial charge in [0.15, 0.2) is 0 Å². The zero-order valence-electron chi connectivity index (χ0n) is 15.4. The Kier molecular flexibility index (Phi) is 5.48. The number of alkyl halides is 3. The van der Waals surface area contributed by atoms with E-state index in [2.05, 4.69) is 0 Å². The van der Waals surface area contributed by atoms with Gasteiger partial charge in [-0.3, -0.25) is 10.1 Å². The van der Waals surface area contributed by atoms with Gasteiger partial charge < -0.3 is 4.90 Å². The summed E-state index contributed by atoms with van der Waals surface area (Å²) in [4.78, 5) is 10.5. The van der Waals surface area contributed by atoms with Crippen LogP contribution in [0.3, 0.4) is 0 Å². The van der Waals surface area contributed by atoms with E-state index in [1.807, 2.05) is 0 Å². The van der Waals surface area contributed by atoms with E-state index in [1.54, 1.807) is 0 Å². The van der Waals surface area contributed by atoms with E-state index in [9.17, 15) is 40.5 Å². The van der Waals surface area contributed by atoms with Gasteiger partial charge in [-0.05, 0) is 43.5 Å². The molecule has 2 aromatic rings. The molecule has 162 valence electrons. The van der Waals surface area contributed by atoms with Crippen LogP contribution in [0.1, 0.15) is 30.0 Å². The van der Waals surface area contributed by atoms with Crippen molar-refractivity contribution in [3.63, 3.8) is 0 Å². The van der Waals surface area contributed by atoms with Crippen LogP contribution in [-0.2, 0) is 9.84 Å². The first-order valence-electron chi connectivity index (χ1n) is 8.67. The van der Waals surface area contributed by atoms with E-state index in [0.717, 1.165) is 12.1 Å². The average Bonchev–Trinajstić information content (AvgIpc) is 3.12. The zero-order chi connectivity index (χ0) is 22.4. The summed E-state index contributed by atoms with van der Waals surface area (Å²) in [5, 5.41) is 11.5. The van der Waals surface area contributed by atoms with E-state index >= 15 is 0 Å². The lowest BCUT2D eigenvalue weighted by molar-refractivity contribution is -0.384. The molecule has 1 aliphatic heterocycles. The highest BCUT2D eigenvalue weighted by Gasteiger charge is 2.48. The number of halogens is 5. The molecular formula is C18H15F5N2O4S. The van der Waals surface area contributed by atoms with Crippen molar-refractivity contribution < 1.29 is 35.3 Å². The van der Waals surface area contributed by atoms with Crippen molar-refractivity contribution >= 4 is 21.2 Å². The van der Waals surface area contributed by atoms with E-state index < -0.39 is 48.5 Å². The number of hydrogen-bond donors (Lipinski definition) is 0. The van der Waals surface area contributed by atoms with E-state index in [-0.39, 0.29) is 29.8 Å². The Bertz CT molecular complexity index is 1120. The van der Waals surface area contributed by atoms with Crippen LogP contribution >= 0.6 is 0 Å². The van der Waals surface area contributed by atoms with Gasteiger partial charge >= 0.3 is 5.51 Å². The molecule has 0 N–H and O–H groups in total. The quantitative estimate of drug-likeness (QED) is 0.379. The van der Waals surface area contributed by atoms with Crippen LogP contribution in [0, 0.1) is 28.7 Å². The summed E-state index contributed by atoms with van der Waals surface area (Å²) in [6.45, 7) is 1.57. The second kappa shape index (κ2) is 7.49. The SMILES string of the molecule is Cc1ccc(F)c(C2CCCN2c2ccc(S(=O)(=O)C(F)(F)F)cc2[N+](=O)[O-])c1F. The largest absolute Gasteiger partial charge is 0.501 e. The molecule has 12 heteroatoms. The molecule has 2 aromatic carbocycles. The maximum Gasteiger partial charge on any atom is 0.501 e. The van der Waals surface area contributed by atoms with Gasteiger partial charge in [0, 0.05) is 18.2 Å². The van der Waals surface area contributed by atoms with Crippen LogP contribution in [0.4, 0.5) is 33.3 Å². The number of benzene rings is 2. The maximum absolute atomic E-state index is 14.6. The molecule has 1 saturated heterocycles. The third-order valence-electron chi connectivity index (χ3n) is 4.97. The number of nitro benzene ring substituents is 1. The lowest BCUT2D eigenvalue weighted by atomic mass is 10.00. The molecule has 1 aliphatic rings. The van der Waals surface area contributed by atoms with Crippen LogP contribution in [0.15, 0.2) is 35.2 Å². The lowest BCUT2D eigenvalue weighted by Gasteiger charge is -2.28. The minimum absolute atomic E-state index is 0.143. The van der Waals surface area contributed by atoms with Crippen molar-refractivity contribution in [3.8, 4) is 0 Å². The van der Waals surface area contributed by atoms with Crippen LogP contribution < -0.4 is 4.90 Å². The number of nitro groups is 1. The van der Waals surface area contributed by atoms with Gasteiger partial charge in [-0.1, -0.05) is 6.07 Å². The molecule has 1 unspecified atom stereocenters. The highest BCUT2D eigenvalue weighted by Crippen LogP contribution is 2.43. The molecule has 0 amide bonds. The summed E-state index contributed by atoms with van der Waals surface area (Å²) in [5.74, 6) is -1.67. The molecule has 0 saturated carbocycles. The Labute approximate surface area is 168 Å². The zero-order valence-corrected chi connectivity index (χ0v) is 16.2. The van der Waals surface area contributed by atoms with Crippen LogP contribution in [0.25, 0.3) is 0 Å². The van der Waals surface area contributed by atoms with Crippen molar-refractivity contribution in [2.45, 2.75) is 36.2 Å². The second-order valence-electron chi connectivity index (χ2n) is 6.80. The number of nitrogens with zero attached hydrogens (tertiary/aromatic N) is 2. The highest BCUT2D eigenvalue weighted by molar-refractivity contribution is 7.92. The number of hydrogen-bond acceptors (Lipinski definition) is 5.